The first-order valence-electron chi connectivity index (χ1n) is 27.1. The molecule has 27 heteroatoms. The summed E-state index contributed by atoms with van der Waals surface area (Å²) in [4.78, 5) is 124. The fourth-order valence-corrected chi connectivity index (χ4v) is 11.5. The average molecular weight is 1230 g/mol. The second kappa shape index (κ2) is 31.4. The number of nitrogens with one attached hydrogen (secondary N) is 2. The van der Waals surface area contributed by atoms with E-state index in [1.54, 1.807) is 72.8 Å². The van der Waals surface area contributed by atoms with Gasteiger partial charge in [0.15, 0.2) is 12.2 Å². The molecule has 0 radical (unpaired) electrons. The average Bonchev–Trinajstić information content (AvgIpc) is 0.868. The van der Waals surface area contributed by atoms with Crippen LogP contribution >= 0.6 is 11.8 Å². The van der Waals surface area contributed by atoms with Gasteiger partial charge in [-0.1, -0.05) is 68.2 Å². The minimum atomic E-state index is -3.13. The summed E-state index contributed by atoms with van der Waals surface area (Å²) in [5, 5.41) is 17.1. The molecule has 0 aromatic heterocycles. The lowest BCUT2D eigenvalue weighted by Crippen LogP contribution is -2.75. The number of thioether (sulfide) groups is 1. The highest BCUT2D eigenvalue weighted by atomic mass is 32.2. The molecule has 5 rings (SSSR count). The van der Waals surface area contributed by atoms with E-state index in [2.05, 4.69) is 10.6 Å². The number of ether oxygens (including phenoxy) is 13. The number of esters is 7. The minimum Gasteiger partial charge on any atom is -0.497 e. The van der Waals surface area contributed by atoms with Gasteiger partial charge in [-0.15, -0.1) is 11.8 Å². The fourth-order valence-electron chi connectivity index (χ4n) is 9.47. The number of aliphatic hydroxyl groups excluding tert-OH is 1. The van der Waals surface area contributed by atoms with E-state index in [0.717, 1.165) is 67.5 Å². The third kappa shape index (κ3) is 19.3. The Kier molecular flexibility index (Phi) is 25.4. The van der Waals surface area contributed by atoms with Crippen LogP contribution in [0.4, 0.5) is 0 Å². The Morgan fingerprint density at radius 1 is 0.682 bits per heavy atom. The number of carbonyl (C=O) groups excluding carboxylic acids is 9. The first-order valence-corrected chi connectivity index (χ1v) is 31.6. The zero-order chi connectivity index (χ0) is 62.8. The van der Waals surface area contributed by atoms with Gasteiger partial charge < -0.3 is 77.3 Å². The van der Waals surface area contributed by atoms with Gasteiger partial charge in [0.2, 0.25) is 11.8 Å². The Labute approximate surface area is 497 Å². The van der Waals surface area contributed by atoms with E-state index >= 15 is 4.79 Å². The largest absolute Gasteiger partial charge is 0.497 e. The molecule has 3 aromatic carbocycles. The van der Waals surface area contributed by atoms with Gasteiger partial charge in [0.05, 0.1) is 58.6 Å². The van der Waals surface area contributed by atoms with Crippen LogP contribution in [-0.4, -0.2) is 186 Å². The van der Waals surface area contributed by atoms with Gasteiger partial charge in [-0.3, -0.25) is 28.8 Å². The van der Waals surface area contributed by atoms with Crippen molar-refractivity contribution in [2.24, 2.45) is 0 Å². The van der Waals surface area contributed by atoms with Gasteiger partial charge >= 0.3 is 41.8 Å². The summed E-state index contributed by atoms with van der Waals surface area (Å²) in [7, 11) is 1.51. The first kappa shape index (κ1) is 68.8. The highest BCUT2D eigenvalue weighted by Crippen LogP contribution is 2.47. The van der Waals surface area contributed by atoms with Crippen molar-refractivity contribution >= 4 is 73.4 Å². The van der Waals surface area contributed by atoms with E-state index in [1.165, 1.54) is 19.2 Å². The predicted molar refractivity (Wildman–Crippen MR) is 302 cm³/mol. The van der Waals surface area contributed by atoms with Crippen molar-refractivity contribution in [2.45, 2.75) is 163 Å². The third-order valence-corrected chi connectivity index (χ3v) is 16.3. The summed E-state index contributed by atoms with van der Waals surface area (Å²) < 4.78 is 78.6. The molecule has 25 nitrogen and oxygen atoms in total. The van der Waals surface area contributed by atoms with E-state index in [4.69, 9.17) is 61.6 Å². The quantitative estimate of drug-likeness (QED) is 0.0526. The van der Waals surface area contributed by atoms with Crippen LogP contribution in [-0.2, 0) is 102 Å². The normalized spacial score (nSPS) is 24.3. The molecule has 2 saturated heterocycles. The van der Waals surface area contributed by atoms with Gasteiger partial charge in [0.25, 0.3) is 11.6 Å². The number of carbonyl (C=O) groups is 9. The second-order valence-electron chi connectivity index (χ2n) is 21.2. The second-order valence-corrected chi connectivity index (χ2v) is 28.0. The van der Waals surface area contributed by atoms with Crippen molar-refractivity contribution in [1.82, 2.24) is 10.6 Å². The number of benzene rings is 3. The summed E-state index contributed by atoms with van der Waals surface area (Å²) in [6, 6.07) is 19.7. The van der Waals surface area contributed by atoms with Gasteiger partial charge in [0, 0.05) is 61.1 Å². The van der Waals surface area contributed by atoms with Crippen LogP contribution in [0.2, 0.25) is 25.7 Å². The maximum atomic E-state index is 15.5. The summed E-state index contributed by atoms with van der Waals surface area (Å²) >= 11 is 0.802. The smallest absolute Gasteiger partial charge is 0.368 e. The molecule has 2 aliphatic rings. The number of amides is 2. The molecule has 0 unspecified atom stereocenters. The fraction of sp³-hybridized carbons (Fsp3) is 0.534. The standard InChI is InChI=1S/C58H76N2O23SSi/c1-33(61)59-46-43(80-54(68)40-19-15-13-16-20-40)29-57(55(69)72-8,76-27-28-85(10,11)12)82-50(46)48(67)44(31-74-30-39-23-25-41(71-7)26-24-39)81-58(56(70)73-9)53(84-42-21-17-14-18-22-42)52(79-38(6)66)47(60-34(2)62)51(83-58)49(78-37(5)65)45(77-36(4)64)32-75-35(3)63/h13-26,43-53,67H,27-32H2,1-12H3,(H,59,61)(H,60,62)/t43-,44+,45+,46+,47-,48+,49+,50+,51+,52+,53-,57+,58+/m0/s1. The zero-order valence-corrected chi connectivity index (χ0v) is 51.3. The van der Waals surface area contributed by atoms with Crippen molar-refractivity contribution in [2.75, 3.05) is 41.2 Å². The van der Waals surface area contributed by atoms with Crippen LogP contribution in [0, 0.1) is 0 Å². The topological polar surface area (TPSA) is 318 Å². The molecule has 0 aliphatic carbocycles. The van der Waals surface area contributed by atoms with Crippen LogP contribution in [0.25, 0.3) is 0 Å². The van der Waals surface area contributed by atoms with E-state index in [9.17, 15) is 43.5 Å². The highest BCUT2D eigenvalue weighted by Gasteiger charge is 2.67. The lowest BCUT2D eigenvalue weighted by atomic mass is 9.86. The van der Waals surface area contributed by atoms with E-state index in [-0.39, 0.29) is 18.8 Å². The highest BCUT2D eigenvalue weighted by molar-refractivity contribution is 8.00. The van der Waals surface area contributed by atoms with Crippen LogP contribution in [0.5, 0.6) is 5.75 Å². The van der Waals surface area contributed by atoms with Crippen LogP contribution < -0.4 is 15.4 Å². The molecule has 3 aromatic rings. The maximum Gasteiger partial charge on any atom is 0.368 e. The van der Waals surface area contributed by atoms with Gasteiger partial charge in [-0.2, -0.15) is 0 Å². The van der Waals surface area contributed by atoms with E-state index in [1.807, 2.05) is 19.6 Å². The summed E-state index contributed by atoms with van der Waals surface area (Å²) in [5.74, 6) is -14.1. The molecule has 13 atom stereocenters. The van der Waals surface area contributed by atoms with Gasteiger partial charge in [0.1, 0.15) is 54.2 Å². The number of rotatable bonds is 28. The summed E-state index contributed by atoms with van der Waals surface area (Å²) in [5.41, 5.74) is 0.606. The SMILES string of the molecule is COC(=O)[C@@]1(OCC[Si](C)(C)C)C[C@H](OC(=O)c2ccccc2)[C@@H](NC(C)=O)[C@H]([C@H](O)[C@@H](COCc2ccc(OC)cc2)O[C@@]2(C(=O)OC)O[C@@H]([C@H](OC(C)=O)[C@@H](COC(C)=O)OC(C)=O)[C@H](NC(C)=O)[C@@H](OC(C)=O)[C@@H]2Sc2ccccc2)O1. The lowest BCUT2D eigenvalue weighted by molar-refractivity contribution is -0.345. The molecule has 3 N–H and O–H groups in total. The van der Waals surface area contributed by atoms with E-state index in [0.29, 0.717) is 22.3 Å². The molecule has 0 bridgehead atoms. The number of aliphatic hydroxyl groups is 1. The van der Waals surface area contributed by atoms with Gasteiger partial charge in [-0.05, 0) is 48.0 Å². The minimum absolute atomic E-state index is 0.0610. The molecule has 2 amide bonds. The summed E-state index contributed by atoms with van der Waals surface area (Å²) in [6.07, 6.45) is -16.3. The molecular weight excluding hydrogens is 1150 g/mol. The Balaban J connectivity index is 1.88. The van der Waals surface area contributed by atoms with Crippen LogP contribution in [0.1, 0.15) is 63.9 Å². The number of methoxy groups -OCH3 is 3. The molecule has 2 heterocycles. The van der Waals surface area contributed by atoms with Crippen LogP contribution in [0.15, 0.2) is 89.8 Å². The van der Waals surface area contributed by atoms with Gasteiger partial charge in [-0.25, -0.2) is 14.4 Å². The Morgan fingerprint density at radius 3 is 1.82 bits per heavy atom. The third-order valence-electron chi connectivity index (χ3n) is 13.2. The Morgan fingerprint density at radius 2 is 1.28 bits per heavy atom. The molecule has 0 spiro atoms. The number of hydrogen-bond acceptors (Lipinski definition) is 24. The van der Waals surface area contributed by atoms with Crippen molar-refractivity contribution in [3.05, 3.63) is 96.1 Å². The Bertz CT molecular complexity index is 2770. The molecule has 0 saturated carbocycles. The molecule has 2 fully saturated rings. The van der Waals surface area contributed by atoms with Crippen molar-refractivity contribution in [1.29, 1.82) is 0 Å². The maximum absolute atomic E-state index is 15.5. The first-order chi connectivity index (χ1) is 40.2. The number of hydrogen-bond donors (Lipinski definition) is 3. The molecule has 85 heavy (non-hydrogen) atoms. The monoisotopic (exact) mass is 1230 g/mol. The summed E-state index contributed by atoms with van der Waals surface area (Å²) in [6.45, 7) is 10.4. The molecular formula is C58H76N2O23SSi. The Hall–Kier alpha value is -6.98. The van der Waals surface area contributed by atoms with Crippen molar-refractivity contribution in [3.8, 4) is 5.75 Å². The zero-order valence-electron chi connectivity index (χ0n) is 49.5. The predicted octanol–water partition coefficient (Wildman–Crippen LogP) is 3.99. The van der Waals surface area contributed by atoms with Crippen LogP contribution in [0.3, 0.4) is 0 Å². The van der Waals surface area contributed by atoms with E-state index < -0.39 is 159 Å². The lowest BCUT2D eigenvalue weighted by Gasteiger charge is -2.53. The van der Waals surface area contributed by atoms with Crippen molar-refractivity contribution < 1.29 is 110 Å². The molecule has 2 aliphatic heterocycles. The van der Waals surface area contributed by atoms with Crippen molar-refractivity contribution in [3.63, 3.8) is 0 Å². The molecule has 466 valence electrons.